The molecular formula is C18H30N2O2. The highest BCUT2D eigenvalue weighted by Crippen LogP contribution is 2.18. The summed E-state index contributed by atoms with van der Waals surface area (Å²) in [5.41, 5.74) is 3.48. The number of ether oxygens (including phenoxy) is 1. The fourth-order valence-electron chi connectivity index (χ4n) is 2.33. The van der Waals surface area contributed by atoms with Gasteiger partial charge in [0.25, 0.3) is 0 Å². The largest absolute Gasteiger partial charge is 0.444 e. The highest BCUT2D eigenvalue weighted by atomic mass is 16.6. The van der Waals surface area contributed by atoms with Crippen molar-refractivity contribution >= 4 is 6.09 Å². The molecule has 1 rings (SSSR count). The second kappa shape index (κ2) is 8.18. The summed E-state index contributed by atoms with van der Waals surface area (Å²) in [7, 11) is 0. The summed E-state index contributed by atoms with van der Waals surface area (Å²) in [5, 5.41) is 6.26. The van der Waals surface area contributed by atoms with Crippen molar-refractivity contribution in [2.45, 2.75) is 59.6 Å². The second-order valence-electron chi connectivity index (χ2n) is 6.82. The molecule has 4 heteroatoms. The normalized spacial score (nSPS) is 12.8. The van der Waals surface area contributed by atoms with Gasteiger partial charge in [-0.05, 0) is 65.6 Å². The molecule has 2 N–H and O–H groups in total. The quantitative estimate of drug-likeness (QED) is 0.784. The highest BCUT2D eigenvalue weighted by Gasteiger charge is 2.15. The summed E-state index contributed by atoms with van der Waals surface area (Å²) in [6.45, 7) is 13.5. The van der Waals surface area contributed by atoms with Crippen LogP contribution in [0.4, 0.5) is 4.79 Å². The van der Waals surface area contributed by atoms with Crippen LogP contribution in [0.3, 0.4) is 0 Å². The van der Waals surface area contributed by atoms with Crippen LogP contribution in [0.2, 0.25) is 0 Å². The van der Waals surface area contributed by atoms with Gasteiger partial charge < -0.3 is 15.4 Å². The van der Waals surface area contributed by atoms with Gasteiger partial charge in [0, 0.05) is 12.6 Å². The third kappa shape index (κ3) is 6.94. The summed E-state index contributed by atoms with van der Waals surface area (Å²) in [4.78, 5) is 11.5. The fraction of sp³-hybridized carbons (Fsp3) is 0.611. The molecule has 0 aromatic heterocycles. The van der Waals surface area contributed by atoms with Gasteiger partial charge in [-0.3, -0.25) is 0 Å². The predicted molar refractivity (Wildman–Crippen MR) is 91.2 cm³/mol. The molecule has 1 atom stereocenters. The monoisotopic (exact) mass is 306 g/mol. The number of hydrogen-bond donors (Lipinski definition) is 2. The molecule has 0 aliphatic heterocycles. The van der Waals surface area contributed by atoms with E-state index in [0.29, 0.717) is 12.6 Å². The number of rotatable bonds is 6. The number of benzene rings is 1. The topological polar surface area (TPSA) is 50.4 Å². The molecule has 0 saturated heterocycles. The minimum absolute atomic E-state index is 0.308. The summed E-state index contributed by atoms with van der Waals surface area (Å²) in [5.74, 6) is 0. The summed E-state index contributed by atoms with van der Waals surface area (Å²) < 4.78 is 5.19. The molecule has 0 saturated carbocycles. The summed E-state index contributed by atoms with van der Waals surface area (Å²) in [6, 6.07) is 6.84. The first-order valence-electron chi connectivity index (χ1n) is 7.96. The van der Waals surface area contributed by atoms with E-state index in [0.717, 1.165) is 13.0 Å². The van der Waals surface area contributed by atoms with Crippen LogP contribution in [0.5, 0.6) is 0 Å². The SMILES string of the molecule is Cc1ccc(C(C)NCCCNC(=O)OC(C)(C)C)c(C)c1. The molecule has 1 unspecified atom stereocenters. The predicted octanol–water partition coefficient (Wildman–Crippen LogP) is 3.87. The van der Waals surface area contributed by atoms with Gasteiger partial charge in [-0.25, -0.2) is 4.79 Å². The Balaban J connectivity index is 2.26. The molecule has 1 amide bonds. The van der Waals surface area contributed by atoms with Crippen molar-refractivity contribution in [2.24, 2.45) is 0 Å². The zero-order valence-electron chi connectivity index (χ0n) is 14.7. The highest BCUT2D eigenvalue weighted by molar-refractivity contribution is 5.67. The molecule has 0 radical (unpaired) electrons. The average molecular weight is 306 g/mol. The van der Waals surface area contributed by atoms with Gasteiger partial charge in [0.05, 0.1) is 0 Å². The van der Waals surface area contributed by atoms with E-state index < -0.39 is 5.60 Å². The van der Waals surface area contributed by atoms with Gasteiger partial charge in [-0.1, -0.05) is 23.8 Å². The number of amides is 1. The number of nitrogens with one attached hydrogen (secondary N) is 2. The molecule has 1 aromatic carbocycles. The van der Waals surface area contributed by atoms with E-state index in [1.807, 2.05) is 20.8 Å². The van der Waals surface area contributed by atoms with E-state index in [9.17, 15) is 4.79 Å². The number of carbonyl (C=O) groups excluding carboxylic acids is 1. The number of alkyl carbamates (subject to hydrolysis) is 1. The van der Waals surface area contributed by atoms with Crippen LogP contribution in [0.15, 0.2) is 18.2 Å². The molecule has 0 aliphatic rings. The molecule has 124 valence electrons. The Morgan fingerprint density at radius 2 is 1.91 bits per heavy atom. The molecule has 1 aromatic rings. The van der Waals surface area contributed by atoms with Crippen LogP contribution in [0, 0.1) is 13.8 Å². The van der Waals surface area contributed by atoms with Crippen molar-refractivity contribution in [2.75, 3.05) is 13.1 Å². The van der Waals surface area contributed by atoms with E-state index in [1.165, 1.54) is 16.7 Å². The molecule has 0 heterocycles. The van der Waals surface area contributed by atoms with Crippen molar-refractivity contribution in [1.82, 2.24) is 10.6 Å². The van der Waals surface area contributed by atoms with Crippen molar-refractivity contribution in [3.05, 3.63) is 34.9 Å². The third-order valence-corrected chi connectivity index (χ3v) is 3.36. The van der Waals surface area contributed by atoms with E-state index in [-0.39, 0.29) is 6.09 Å². The summed E-state index contributed by atoms with van der Waals surface area (Å²) in [6.07, 6.45) is 0.518. The van der Waals surface area contributed by atoms with Crippen LogP contribution in [-0.2, 0) is 4.74 Å². The Kier molecular flexibility index (Phi) is 6.88. The Morgan fingerprint density at radius 3 is 2.50 bits per heavy atom. The average Bonchev–Trinajstić information content (AvgIpc) is 2.35. The first kappa shape index (κ1) is 18.5. The zero-order valence-corrected chi connectivity index (χ0v) is 14.7. The van der Waals surface area contributed by atoms with Gasteiger partial charge in [-0.2, -0.15) is 0 Å². The minimum atomic E-state index is -0.445. The van der Waals surface area contributed by atoms with Crippen LogP contribution in [0.1, 0.15) is 56.8 Å². The van der Waals surface area contributed by atoms with Crippen LogP contribution in [-0.4, -0.2) is 24.8 Å². The van der Waals surface area contributed by atoms with Crippen molar-refractivity contribution in [3.8, 4) is 0 Å². The molecule has 0 spiro atoms. The number of hydrogen-bond acceptors (Lipinski definition) is 3. The standard InChI is InChI=1S/C18H30N2O2/c1-13-8-9-16(14(2)12-13)15(3)19-10-7-11-20-17(21)22-18(4,5)6/h8-9,12,15,19H,7,10-11H2,1-6H3,(H,20,21). The Bertz CT molecular complexity index is 492. The maximum atomic E-state index is 11.5. The van der Waals surface area contributed by atoms with E-state index in [2.05, 4.69) is 49.6 Å². The second-order valence-corrected chi connectivity index (χ2v) is 6.82. The maximum Gasteiger partial charge on any atom is 0.407 e. The Hall–Kier alpha value is -1.55. The Morgan fingerprint density at radius 1 is 1.23 bits per heavy atom. The lowest BCUT2D eigenvalue weighted by molar-refractivity contribution is 0.0527. The van der Waals surface area contributed by atoms with Gasteiger partial charge in [0.1, 0.15) is 5.60 Å². The van der Waals surface area contributed by atoms with Gasteiger partial charge in [0.15, 0.2) is 0 Å². The molecule has 4 nitrogen and oxygen atoms in total. The number of carbonyl (C=O) groups is 1. The Labute approximate surface area is 134 Å². The van der Waals surface area contributed by atoms with Gasteiger partial charge in [-0.15, -0.1) is 0 Å². The smallest absolute Gasteiger partial charge is 0.407 e. The lowest BCUT2D eigenvalue weighted by Gasteiger charge is -2.20. The lowest BCUT2D eigenvalue weighted by Crippen LogP contribution is -2.34. The molecule has 0 aliphatic carbocycles. The molecular weight excluding hydrogens is 276 g/mol. The summed E-state index contributed by atoms with van der Waals surface area (Å²) >= 11 is 0. The van der Waals surface area contributed by atoms with Crippen molar-refractivity contribution < 1.29 is 9.53 Å². The van der Waals surface area contributed by atoms with E-state index in [4.69, 9.17) is 4.74 Å². The van der Waals surface area contributed by atoms with E-state index >= 15 is 0 Å². The van der Waals surface area contributed by atoms with E-state index in [1.54, 1.807) is 0 Å². The zero-order chi connectivity index (χ0) is 16.8. The first-order valence-corrected chi connectivity index (χ1v) is 7.96. The molecule has 0 fully saturated rings. The number of aryl methyl sites for hydroxylation is 2. The van der Waals surface area contributed by atoms with Crippen molar-refractivity contribution in [3.63, 3.8) is 0 Å². The van der Waals surface area contributed by atoms with Crippen LogP contribution < -0.4 is 10.6 Å². The maximum absolute atomic E-state index is 11.5. The first-order chi connectivity index (χ1) is 10.2. The third-order valence-electron chi connectivity index (χ3n) is 3.36. The van der Waals surface area contributed by atoms with Gasteiger partial charge in [0.2, 0.25) is 0 Å². The van der Waals surface area contributed by atoms with Crippen LogP contribution >= 0.6 is 0 Å². The van der Waals surface area contributed by atoms with Gasteiger partial charge >= 0.3 is 6.09 Å². The lowest BCUT2D eigenvalue weighted by atomic mass is 10.0. The minimum Gasteiger partial charge on any atom is -0.444 e. The fourth-order valence-corrected chi connectivity index (χ4v) is 2.33. The van der Waals surface area contributed by atoms with Crippen molar-refractivity contribution in [1.29, 1.82) is 0 Å². The van der Waals surface area contributed by atoms with Crippen LogP contribution in [0.25, 0.3) is 0 Å². The molecule has 22 heavy (non-hydrogen) atoms. The molecule has 0 bridgehead atoms.